The Kier molecular flexibility index (Phi) is 4.84. The fraction of sp³-hybridized carbons (Fsp3) is 0.647. The fourth-order valence-corrected chi connectivity index (χ4v) is 4.86. The highest BCUT2D eigenvalue weighted by atomic mass is 35.5. The van der Waals surface area contributed by atoms with Crippen LogP contribution in [0.3, 0.4) is 0 Å². The second kappa shape index (κ2) is 6.49. The van der Waals surface area contributed by atoms with Crippen molar-refractivity contribution >= 4 is 23.4 Å². The first kappa shape index (κ1) is 15.7. The smallest absolute Gasteiger partial charge is 0.0410 e. The van der Waals surface area contributed by atoms with Gasteiger partial charge in [-0.15, -0.1) is 11.8 Å². The van der Waals surface area contributed by atoms with E-state index in [-0.39, 0.29) is 0 Å². The molecule has 0 bridgehead atoms. The lowest BCUT2D eigenvalue weighted by atomic mass is 9.88. The van der Waals surface area contributed by atoms with Crippen LogP contribution in [0.5, 0.6) is 0 Å². The zero-order valence-corrected chi connectivity index (χ0v) is 14.7. The first-order chi connectivity index (χ1) is 10.0. The van der Waals surface area contributed by atoms with Crippen molar-refractivity contribution in [3.05, 3.63) is 28.8 Å². The fourth-order valence-electron chi connectivity index (χ4n) is 3.57. The maximum absolute atomic E-state index is 6.21. The van der Waals surface area contributed by atoms with Gasteiger partial charge in [-0.3, -0.25) is 0 Å². The Morgan fingerprint density at radius 2 is 2.14 bits per heavy atom. The van der Waals surface area contributed by atoms with E-state index in [1.165, 1.54) is 35.6 Å². The average Bonchev–Trinajstić information content (AvgIpc) is 2.45. The van der Waals surface area contributed by atoms with Crippen molar-refractivity contribution in [2.24, 2.45) is 5.92 Å². The van der Waals surface area contributed by atoms with E-state index < -0.39 is 0 Å². The monoisotopic (exact) mass is 324 g/mol. The number of nitrogens with zero attached hydrogens (tertiary/aromatic N) is 1. The molecule has 1 aromatic rings. The molecule has 2 aliphatic rings. The van der Waals surface area contributed by atoms with Crippen molar-refractivity contribution < 1.29 is 0 Å². The molecule has 2 heterocycles. The zero-order valence-electron chi connectivity index (χ0n) is 13.1. The molecule has 2 aliphatic heterocycles. The summed E-state index contributed by atoms with van der Waals surface area (Å²) in [4.78, 5) is 3.88. The predicted octanol–water partition coefficient (Wildman–Crippen LogP) is 4.20. The Bertz CT molecular complexity index is 508. The summed E-state index contributed by atoms with van der Waals surface area (Å²) in [6.07, 6.45) is 2.43. The molecule has 0 amide bonds. The van der Waals surface area contributed by atoms with E-state index in [2.05, 4.69) is 43.2 Å². The standard InChI is InChI=1S/C17H25ClN2S/c1-11-10-20(3)12(2)8-16(11)19-15-6-7-21-17-5-4-13(18)9-14(15)17/h4-5,9,11-12,15-16,19H,6-8,10H2,1-3H3. The summed E-state index contributed by atoms with van der Waals surface area (Å²) < 4.78 is 0. The molecule has 4 atom stereocenters. The van der Waals surface area contributed by atoms with Gasteiger partial charge in [0.25, 0.3) is 0 Å². The van der Waals surface area contributed by atoms with Gasteiger partial charge in [0, 0.05) is 34.6 Å². The van der Waals surface area contributed by atoms with E-state index in [9.17, 15) is 0 Å². The van der Waals surface area contributed by atoms with E-state index in [0.29, 0.717) is 24.0 Å². The number of rotatable bonds is 2. The summed E-state index contributed by atoms with van der Waals surface area (Å²) in [6, 6.07) is 8.08. The van der Waals surface area contributed by atoms with Gasteiger partial charge in [0.15, 0.2) is 0 Å². The van der Waals surface area contributed by atoms with E-state index in [1.54, 1.807) is 0 Å². The molecule has 0 aromatic heterocycles. The number of piperidine rings is 1. The summed E-state index contributed by atoms with van der Waals surface area (Å²) >= 11 is 8.17. The molecule has 1 saturated heterocycles. The van der Waals surface area contributed by atoms with E-state index in [0.717, 1.165) is 5.02 Å². The largest absolute Gasteiger partial charge is 0.307 e. The molecule has 4 heteroatoms. The van der Waals surface area contributed by atoms with Crippen LogP contribution in [0.1, 0.15) is 38.3 Å². The van der Waals surface area contributed by atoms with Crippen LogP contribution in [0.15, 0.2) is 23.1 Å². The van der Waals surface area contributed by atoms with Gasteiger partial charge in [-0.1, -0.05) is 18.5 Å². The molecule has 116 valence electrons. The van der Waals surface area contributed by atoms with Crippen molar-refractivity contribution in [2.75, 3.05) is 19.3 Å². The Morgan fingerprint density at radius 1 is 1.33 bits per heavy atom. The van der Waals surface area contributed by atoms with Gasteiger partial charge in [-0.2, -0.15) is 0 Å². The number of halogens is 1. The zero-order chi connectivity index (χ0) is 15.0. The van der Waals surface area contributed by atoms with Gasteiger partial charge in [-0.25, -0.2) is 0 Å². The lowest BCUT2D eigenvalue weighted by Gasteiger charge is -2.42. The normalized spacial score (nSPS) is 33.7. The number of nitrogens with one attached hydrogen (secondary N) is 1. The first-order valence-corrected chi connectivity index (χ1v) is 9.29. The summed E-state index contributed by atoms with van der Waals surface area (Å²) in [6.45, 7) is 5.89. The Morgan fingerprint density at radius 3 is 2.95 bits per heavy atom. The van der Waals surface area contributed by atoms with Crippen LogP contribution in [0, 0.1) is 5.92 Å². The number of hydrogen-bond donors (Lipinski definition) is 1. The molecule has 0 saturated carbocycles. The quantitative estimate of drug-likeness (QED) is 0.878. The van der Waals surface area contributed by atoms with Crippen LogP contribution >= 0.6 is 23.4 Å². The molecule has 3 rings (SSSR count). The molecule has 1 N–H and O–H groups in total. The second-order valence-electron chi connectivity index (χ2n) is 6.65. The minimum Gasteiger partial charge on any atom is -0.307 e. The Balaban J connectivity index is 1.76. The number of thioether (sulfide) groups is 1. The third kappa shape index (κ3) is 3.42. The van der Waals surface area contributed by atoms with Gasteiger partial charge in [0.05, 0.1) is 0 Å². The molecule has 1 aromatic carbocycles. The summed E-state index contributed by atoms with van der Waals surface area (Å²) in [5.41, 5.74) is 1.40. The molecule has 0 spiro atoms. The number of hydrogen-bond acceptors (Lipinski definition) is 3. The van der Waals surface area contributed by atoms with Gasteiger partial charge in [-0.05, 0) is 62.2 Å². The van der Waals surface area contributed by atoms with Crippen LogP contribution in [0.2, 0.25) is 5.02 Å². The summed E-state index contributed by atoms with van der Waals surface area (Å²) in [5, 5.41) is 4.80. The van der Waals surface area contributed by atoms with E-state index in [1.807, 2.05) is 17.8 Å². The van der Waals surface area contributed by atoms with Gasteiger partial charge < -0.3 is 10.2 Å². The topological polar surface area (TPSA) is 15.3 Å². The first-order valence-electron chi connectivity index (χ1n) is 7.93. The average molecular weight is 325 g/mol. The highest BCUT2D eigenvalue weighted by Crippen LogP contribution is 2.38. The molecule has 0 aliphatic carbocycles. The van der Waals surface area contributed by atoms with Gasteiger partial charge in [0.2, 0.25) is 0 Å². The predicted molar refractivity (Wildman–Crippen MR) is 92.3 cm³/mol. The lowest BCUT2D eigenvalue weighted by Crippen LogP contribution is -2.51. The van der Waals surface area contributed by atoms with Crippen molar-refractivity contribution in [3.63, 3.8) is 0 Å². The lowest BCUT2D eigenvalue weighted by molar-refractivity contribution is 0.115. The SMILES string of the molecule is CC1CN(C)C(C)CC1NC1CCSc2ccc(Cl)cc21. The molecule has 4 unspecified atom stereocenters. The van der Waals surface area contributed by atoms with E-state index >= 15 is 0 Å². The highest BCUT2D eigenvalue weighted by Gasteiger charge is 2.31. The third-order valence-electron chi connectivity index (χ3n) is 5.04. The number of fused-ring (bicyclic) bond motifs is 1. The summed E-state index contributed by atoms with van der Waals surface area (Å²) in [5.74, 6) is 1.89. The maximum Gasteiger partial charge on any atom is 0.0410 e. The minimum atomic E-state index is 0.461. The van der Waals surface area contributed by atoms with Crippen molar-refractivity contribution in [2.45, 2.75) is 49.7 Å². The Labute approximate surface area is 137 Å². The highest BCUT2D eigenvalue weighted by molar-refractivity contribution is 7.99. The van der Waals surface area contributed by atoms with Crippen LogP contribution in [0.25, 0.3) is 0 Å². The summed E-state index contributed by atoms with van der Waals surface area (Å²) in [7, 11) is 2.24. The van der Waals surface area contributed by atoms with Crippen molar-refractivity contribution in [1.82, 2.24) is 10.2 Å². The minimum absolute atomic E-state index is 0.461. The second-order valence-corrected chi connectivity index (χ2v) is 8.22. The Hall–Kier alpha value is -0.220. The van der Waals surface area contributed by atoms with E-state index in [4.69, 9.17) is 11.6 Å². The van der Waals surface area contributed by atoms with Gasteiger partial charge in [0.1, 0.15) is 0 Å². The van der Waals surface area contributed by atoms with Crippen LogP contribution in [-0.4, -0.2) is 36.3 Å². The molecular formula is C17H25ClN2S. The van der Waals surface area contributed by atoms with Crippen molar-refractivity contribution in [3.8, 4) is 0 Å². The van der Waals surface area contributed by atoms with Crippen LogP contribution in [-0.2, 0) is 0 Å². The molecular weight excluding hydrogens is 300 g/mol. The van der Waals surface area contributed by atoms with Crippen LogP contribution in [0.4, 0.5) is 0 Å². The molecule has 1 fully saturated rings. The molecule has 21 heavy (non-hydrogen) atoms. The third-order valence-corrected chi connectivity index (χ3v) is 6.39. The van der Waals surface area contributed by atoms with Gasteiger partial charge >= 0.3 is 0 Å². The molecule has 2 nitrogen and oxygen atoms in total. The maximum atomic E-state index is 6.21. The molecule has 0 radical (unpaired) electrons. The number of likely N-dealkylation sites (tertiary alicyclic amines) is 1. The number of benzene rings is 1. The van der Waals surface area contributed by atoms with Crippen molar-refractivity contribution in [1.29, 1.82) is 0 Å². The van der Waals surface area contributed by atoms with Crippen LogP contribution < -0.4 is 5.32 Å².